The molecule has 152 valence electrons. The fraction of sp³-hybridized carbons (Fsp3) is 0.429. The number of hydrogen-bond donors (Lipinski definition) is 1. The number of halogens is 3. The van der Waals surface area contributed by atoms with E-state index >= 15 is 0 Å². The van der Waals surface area contributed by atoms with Gasteiger partial charge >= 0.3 is 6.18 Å². The summed E-state index contributed by atoms with van der Waals surface area (Å²) in [7, 11) is 0. The predicted molar refractivity (Wildman–Crippen MR) is 101 cm³/mol. The molecule has 3 aromatic rings. The first-order valence-electron chi connectivity index (χ1n) is 9.88. The highest BCUT2D eigenvalue weighted by molar-refractivity contribution is 5.53. The van der Waals surface area contributed by atoms with E-state index in [0.717, 1.165) is 24.2 Å². The summed E-state index contributed by atoms with van der Waals surface area (Å²) in [5, 5.41) is 11.2. The van der Waals surface area contributed by atoms with Crippen molar-refractivity contribution >= 4 is 5.65 Å². The first kappa shape index (κ1) is 18.4. The van der Waals surface area contributed by atoms with Crippen LogP contribution in [-0.4, -0.2) is 21.2 Å². The van der Waals surface area contributed by atoms with E-state index in [1.165, 1.54) is 10.5 Å². The molecule has 1 saturated carbocycles. The molecule has 0 saturated heterocycles. The molecule has 1 atom stereocenters. The number of nitrogens with zero attached hydrogens (tertiary/aromatic N) is 3. The van der Waals surface area contributed by atoms with E-state index < -0.39 is 11.7 Å². The van der Waals surface area contributed by atoms with Crippen LogP contribution in [0.5, 0.6) is 5.75 Å². The molecular weight excluding hydrogens is 381 g/mol. The molecule has 5 rings (SSSR count). The van der Waals surface area contributed by atoms with Crippen molar-refractivity contribution in [1.29, 1.82) is 0 Å². The molecule has 1 aromatic carbocycles. The first-order chi connectivity index (χ1) is 14.0. The number of para-hydroxylation sites is 1. The van der Waals surface area contributed by atoms with Crippen LogP contribution >= 0.6 is 0 Å². The van der Waals surface area contributed by atoms with Gasteiger partial charge in [0.25, 0.3) is 0 Å². The van der Waals surface area contributed by atoms with Crippen LogP contribution in [0.1, 0.15) is 47.8 Å². The highest BCUT2D eigenvalue weighted by atomic mass is 19.4. The Bertz CT molecular complexity index is 1040. The maximum atomic E-state index is 13.9. The molecule has 0 amide bonds. The minimum Gasteiger partial charge on any atom is -0.493 e. The second-order valence-electron chi connectivity index (χ2n) is 7.78. The number of ether oxygens (including phenoxy) is 1. The number of nitrogens with one attached hydrogen (secondary N) is 1. The van der Waals surface area contributed by atoms with Crippen LogP contribution in [0.2, 0.25) is 0 Å². The molecule has 5 nitrogen and oxygen atoms in total. The van der Waals surface area contributed by atoms with Crippen LogP contribution in [0.25, 0.3) is 5.65 Å². The van der Waals surface area contributed by atoms with E-state index in [-0.39, 0.29) is 23.8 Å². The van der Waals surface area contributed by atoms with E-state index in [1.54, 1.807) is 6.20 Å². The zero-order chi connectivity index (χ0) is 20.0. The van der Waals surface area contributed by atoms with E-state index in [4.69, 9.17) is 4.74 Å². The van der Waals surface area contributed by atoms with Gasteiger partial charge in [-0.2, -0.15) is 13.2 Å². The van der Waals surface area contributed by atoms with E-state index in [1.807, 2.05) is 24.3 Å². The molecule has 1 aliphatic heterocycles. The maximum absolute atomic E-state index is 13.9. The van der Waals surface area contributed by atoms with Crippen molar-refractivity contribution in [2.24, 2.45) is 5.92 Å². The number of pyridine rings is 1. The lowest BCUT2D eigenvalue weighted by Gasteiger charge is -2.27. The third-order valence-corrected chi connectivity index (χ3v) is 5.69. The van der Waals surface area contributed by atoms with Gasteiger partial charge in [-0.3, -0.25) is 4.40 Å². The van der Waals surface area contributed by atoms with Gasteiger partial charge in [0.15, 0.2) is 5.65 Å². The lowest BCUT2D eigenvalue weighted by atomic mass is 10.00. The minimum absolute atomic E-state index is 0.0550. The lowest BCUT2D eigenvalue weighted by molar-refractivity contribution is -0.137. The van der Waals surface area contributed by atoms with Crippen molar-refractivity contribution in [3.05, 3.63) is 59.0 Å². The summed E-state index contributed by atoms with van der Waals surface area (Å²) in [6.45, 7) is 0.629. The van der Waals surface area contributed by atoms with Crippen molar-refractivity contribution in [3.8, 4) is 5.75 Å². The van der Waals surface area contributed by atoms with Gasteiger partial charge in [-0.25, -0.2) is 0 Å². The monoisotopic (exact) mass is 402 g/mol. The molecule has 0 radical (unpaired) electrons. The molecule has 2 aromatic heterocycles. The summed E-state index contributed by atoms with van der Waals surface area (Å²) in [5.74, 6) is 1.91. The van der Waals surface area contributed by atoms with Gasteiger partial charge < -0.3 is 10.1 Å². The Labute approximate surface area is 165 Å². The van der Waals surface area contributed by atoms with Crippen molar-refractivity contribution in [1.82, 2.24) is 19.9 Å². The number of rotatable bonds is 5. The largest absolute Gasteiger partial charge is 0.493 e. The SMILES string of the molecule is FC(F)(F)c1c(CN[C@@H]2CCOc3ccccc32)ccn2c(CC3CC3)nnc12. The van der Waals surface area contributed by atoms with Gasteiger partial charge in [0.2, 0.25) is 0 Å². The third kappa shape index (κ3) is 3.57. The van der Waals surface area contributed by atoms with Crippen molar-refractivity contribution in [3.63, 3.8) is 0 Å². The second kappa shape index (κ2) is 7.02. The predicted octanol–water partition coefficient (Wildman–Crippen LogP) is 4.31. The summed E-state index contributed by atoms with van der Waals surface area (Å²) in [4.78, 5) is 0. The normalized spacial score (nSPS) is 19.2. The summed E-state index contributed by atoms with van der Waals surface area (Å²) >= 11 is 0. The maximum Gasteiger partial charge on any atom is 0.420 e. The first-order valence-corrected chi connectivity index (χ1v) is 9.88. The Balaban J connectivity index is 1.45. The van der Waals surface area contributed by atoms with Crippen molar-refractivity contribution in [2.45, 2.75) is 44.4 Å². The van der Waals surface area contributed by atoms with Crippen LogP contribution in [0.3, 0.4) is 0 Å². The fourth-order valence-electron chi connectivity index (χ4n) is 4.00. The number of aromatic nitrogens is 3. The van der Waals surface area contributed by atoms with Crippen LogP contribution in [0, 0.1) is 5.92 Å². The average molecular weight is 402 g/mol. The zero-order valence-electron chi connectivity index (χ0n) is 15.7. The molecule has 1 fully saturated rings. The van der Waals surface area contributed by atoms with Gasteiger partial charge in [0, 0.05) is 37.2 Å². The van der Waals surface area contributed by atoms with E-state index in [2.05, 4.69) is 15.5 Å². The smallest absolute Gasteiger partial charge is 0.420 e. The summed E-state index contributed by atoms with van der Waals surface area (Å²) in [6, 6.07) is 9.11. The average Bonchev–Trinajstić information content (AvgIpc) is 3.44. The van der Waals surface area contributed by atoms with Crippen LogP contribution < -0.4 is 10.1 Å². The van der Waals surface area contributed by atoms with Crippen molar-refractivity contribution < 1.29 is 17.9 Å². The topological polar surface area (TPSA) is 51.5 Å². The Morgan fingerprint density at radius 2 is 1.93 bits per heavy atom. The van der Waals surface area contributed by atoms with Gasteiger partial charge in [-0.05, 0) is 36.5 Å². The molecule has 29 heavy (non-hydrogen) atoms. The van der Waals surface area contributed by atoms with E-state index in [0.29, 0.717) is 31.2 Å². The van der Waals surface area contributed by atoms with E-state index in [9.17, 15) is 13.2 Å². The Kier molecular flexibility index (Phi) is 4.46. The molecule has 8 heteroatoms. The Morgan fingerprint density at radius 3 is 2.72 bits per heavy atom. The summed E-state index contributed by atoms with van der Waals surface area (Å²) in [5.41, 5.74) is 0.337. The number of alkyl halides is 3. The molecule has 2 aliphatic rings. The quantitative estimate of drug-likeness (QED) is 0.691. The van der Waals surface area contributed by atoms with Gasteiger partial charge in [0.1, 0.15) is 17.1 Å². The molecule has 0 spiro atoms. The van der Waals surface area contributed by atoms with Crippen LogP contribution in [0.15, 0.2) is 36.5 Å². The second-order valence-corrected chi connectivity index (χ2v) is 7.78. The number of hydrogen-bond acceptors (Lipinski definition) is 4. The van der Waals surface area contributed by atoms with Gasteiger partial charge in [-0.1, -0.05) is 18.2 Å². The number of fused-ring (bicyclic) bond motifs is 2. The Hall–Kier alpha value is -2.61. The van der Waals surface area contributed by atoms with Gasteiger partial charge in [0.05, 0.1) is 6.61 Å². The molecule has 0 unspecified atom stereocenters. The molecule has 3 heterocycles. The lowest BCUT2D eigenvalue weighted by Crippen LogP contribution is -2.28. The molecule has 1 N–H and O–H groups in total. The van der Waals surface area contributed by atoms with Crippen molar-refractivity contribution in [2.75, 3.05) is 6.61 Å². The fourth-order valence-corrected chi connectivity index (χ4v) is 4.00. The Morgan fingerprint density at radius 1 is 1.10 bits per heavy atom. The highest BCUT2D eigenvalue weighted by Gasteiger charge is 2.38. The third-order valence-electron chi connectivity index (χ3n) is 5.69. The van der Waals surface area contributed by atoms with Crippen LogP contribution in [0.4, 0.5) is 13.2 Å². The standard InChI is InChI=1S/C21H21F3N4O/c22-21(23,24)19-14(7-9-28-18(11-13-5-6-13)26-27-20(19)28)12-25-16-8-10-29-17-4-2-1-3-15(16)17/h1-4,7,9,13,16,25H,5-6,8,10-12H2/t16-/m1/s1. The summed E-state index contributed by atoms with van der Waals surface area (Å²) in [6.07, 6.45) is 0.755. The molecule has 1 aliphatic carbocycles. The minimum atomic E-state index is -4.50. The van der Waals surface area contributed by atoms with Crippen LogP contribution in [-0.2, 0) is 19.1 Å². The number of benzene rings is 1. The van der Waals surface area contributed by atoms with Gasteiger partial charge in [-0.15, -0.1) is 10.2 Å². The summed E-state index contributed by atoms with van der Waals surface area (Å²) < 4.78 is 48.9. The molecule has 0 bridgehead atoms. The zero-order valence-corrected chi connectivity index (χ0v) is 15.7. The highest BCUT2D eigenvalue weighted by Crippen LogP contribution is 2.37. The molecular formula is C21H21F3N4O.